The van der Waals surface area contributed by atoms with Gasteiger partial charge in [-0.3, -0.25) is 9.59 Å². The molecule has 2 fully saturated rings. The van der Waals surface area contributed by atoms with Crippen molar-refractivity contribution in [3.63, 3.8) is 0 Å². The minimum Gasteiger partial charge on any atom is -0.493 e. The van der Waals surface area contributed by atoms with E-state index in [1.807, 2.05) is 12.1 Å². The van der Waals surface area contributed by atoms with Gasteiger partial charge in [-0.2, -0.15) is 0 Å². The van der Waals surface area contributed by atoms with Crippen LogP contribution in [0.5, 0.6) is 5.75 Å². The Morgan fingerprint density at radius 1 is 1.15 bits per heavy atom. The average Bonchev–Trinajstić information content (AvgIpc) is 3.38. The van der Waals surface area contributed by atoms with Crippen molar-refractivity contribution >= 4 is 11.8 Å². The highest BCUT2D eigenvalue weighted by atomic mass is 16.5. The maximum atomic E-state index is 12.2. The number of Topliss-reactive ketones (excluding diaryl/α,β-unsaturated/α-hetero) is 1. The third kappa shape index (κ3) is 2.84. The third-order valence-electron chi connectivity index (χ3n) is 3.95. The van der Waals surface area contributed by atoms with E-state index in [1.165, 1.54) is 20.0 Å². The van der Waals surface area contributed by atoms with Gasteiger partial charge in [0.25, 0.3) is 0 Å². The van der Waals surface area contributed by atoms with Crippen LogP contribution in [0, 0.1) is 17.8 Å². The highest BCUT2D eigenvalue weighted by Gasteiger charge is 2.48. The van der Waals surface area contributed by atoms with Crippen molar-refractivity contribution in [2.75, 3.05) is 13.7 Å². The molecule has 2 saturated carbocycles. The Kier molecular flexibility index (Phi) is 3.47. The highest BCUT2D eigenvalue weighted by Crippen LogP contribution is 2.42. The molecule has 0 bridgehead atoms. The van der Waals surface area contributed by atoms with Crippen molar-refractivity contribution in [2.45, 2.75) is 19.3 Å². The van der Waals surface area contributed by atoms with Crippen LogP contribution in [0.3, 0.4) is 0 Å². The number of methoxy groups -OCH3 is 1. The van der Waals surface area contributed by atoms with E-state index in [4.69, 9.17) is 4.74 Å². The number of ketones is 1. The molecule has 0 amide bonds. The van der Waals surface area contributed by atoms with E-state index in [0.717, 1.165) is 12.4 Å². The lowest BCUT2D eigenvalue weighted by Crippen LogP contribution is -2.10. The molecular formula is C16H18O4. The first-order valence-corrected chi connectivity index (χ1v) is 7.04. The first kappa shape index (κ1) is 13.2. The van der Waals surface area contributed by atoms with Gasteiger partial charge in [-0.1, -0.05) is 0 Å². The molecule has 2 aliphatic rings. The van der Waals surface area contributed by atoms with E-state index in [-0.39, 0.29) is 23.6 Å². The van der Waals surface area contributed by atoms with Gasteiger partial charge in [0.2, 0.25) is 0 Å². The summed E-state index contributed by atoms with van der Waals surface area (Å²) in [4.78, 5) is 23.5. The summed E-state index contributed by atoms with van der Waals surface area (Å²) in [5.41, 5.74) is 0.639. The standard InChI is InChI=1S/C16H18O4/c1-19-16(18)14-8-13(14)15(17)11-4-6-12(7-5-11)20-9-10-2-3-10/h4-7,10,13-14H,2-3,8-9H2,1H3/t13-,14-/m1/s1. The number of benzene rings is 1. The minimum atomic E-state index is -0.285. The minimum absolute atomic E-state index is 0.0224. The Morgan fingerprint density at radius 3 is 2.45 bits per heavy atom. The molecule has 2 aliphatic carbocycles. The number of carbonyl (C=O) groups is 2. The van der Waals surface area contributed by atoms with Gasteiger partial charge >= 0.3 is 5.97 Å². The van der Waals surface area contributed by atoms with Gasteiger partial charge in [0.1, 0.15) is 5.75 Å². The highest BCUT2D eigenvalue weighted by molar-refractivity contribution is 6.02. The zero-order valence-corrected chi connectivity index (χ0v) is 11.5. The summed E-state index contributed by atoms with van der Waals surface area (Å²) >= 11 is 0. The van der Waals surface area contributed by atoms with Gasteiger partial charge < -0.3 is 9.47 Å². The third-order valence-corrected chi connectivity index (χ3v) is 3.95. The molecule has 3 rings (SSSR count). The van der Waals surface area contributed by atoms with Gasteiger partial charge in [-0.25, -0.2) is 0 Å². The summed E-state index contributed by atoms with van der Waals surface area (Å²) in [5.74, 6) is 0.790. The molecule has 0 saturated heterocycles. The van der Waals surface area contributed by atoms with Crippen LogP contribution < -0.4 is 4.74 Å². The molecule has 0 radical (unpaired) electrons. The molecule has 106 valence electrons. The van der Waals surface area contributed by atoms with Gasteiger partial charge in [0, 0.05) is 11.5 Å². The van der Waals surface area contributed by atoms with Crippen LogP contribution in [-0.4, -0.2) is 25.5 Å². The van der Waals surface area contributed by atoms with Gasteiger partial charge in [-0.05, 0) is 49.4 Å². The normalized spacial score (nSPS) is 24.1. The second-order valence-electron chi connectivity index (χ2n) is 5.61. The summed E-state index contributed by atoms with van der Waals surface area (Å²) in [6.45, 7) is 0.764. The molecule has 20 heavy (non-hydrogen) atoms. The maximum absolute atomic E-state index is 12.2. The zero-order valence-electron chi connectivity index (χ0n) is 11.5. The first-order chi connectivity index (χ1) is 9.69. The molecule has 1 aromatic rings. The van der Waals surface area contributed by atoms with Gasteiger partial charge in [-0.15, -0.1) is 0 Å². The van der Waals surface area contributed by atoms with Crippen molar-refractivity contribution < 1.29 is 19.1 Å². The lowest BCUT2D eigenvalue weighted by atomic mass is 10.1. The molecule has 0 unspecified atom stereocenters. The van der Waals surface area contributed by atoms with Crippen molar-refractivity contribution in [1.82, 2.24) is 0 Å². The summed E-state index contributed by atoms with van der Waals surface area (Å²) in [5, 5.41) is 0. The lowest BCUT2D eigenvalue weighted by molar-refractivity contribution is -0.142. The Balaban J connectivity index is 1.57. The van der Waals surface area contributed by atoms with E-state index in [1.54, 1.807) is 12.1 Å². The first-order valence-electron chi connectivity index (χ1n) is 7.04. The van der Waals surface area contributed by atoms with Gasteiger partial charge in [0.05, 0.1) is 19.6 Å². The smallest absolute Gasteiger partial charge is 0.309 e. The molecule has 0 aliphatic heterocycles. The number of carbonyl (C=O) groups excluding carboxylic acids is 2. The molecule has 1 aromatic carbocycles. The summed E-state index contributed by atoms with van der Waals surface area (Å²) in [6, 6.07) is 7.20. The molecule has 2 atom stereocenters. The predicted molar refractivity (Wildman–Crippen MR) is 72.6 cm³/mol. The van der Waals surface area contributed by atoms with Crippen LogP contribution in [0.2, 0.25) is 0 Å². The molecule has 0 aromatic heterocycles. The summed E-state index contributed by atoms with van der Waals surface area (Å²) < 4.78 is 10.3. The Bertz CT molecular complexity index is 516. The van der Waals surface area contributed by atoms with Crippen molar-refractivity contribution in [3.05, 3.63) is 29.8 Å². The fourth-order valence-corrected chi connectivity index (χ4v) is 2.32. The second-order valence-corrected chi connectivity index (χ2v) is 5.61. The summed E-state index contributed by atoms with van der Waals surface area (Å²) in [7, 11) is 1.36. The number of ether oxygens (including phenoxy) is 2. The predicted octanol–water partition coefficient (Wildman–Crippen LogP) is 2.47. The van der Waals surface area contributed by atoms with Crippen molar-refractivity contribution in [3.8, 4) is 5.75 Å². The van der Waals surface area contributed by atoms with Crippen LogP contribution in [0.25, 0.3) is 0 Å². The quantitative estimate of drug-likeness (QED) is 0.590. The Hall–Kier alpha value is -1.84. The van der Waals surface area contributed by atoms with E-state index in [2.05, 4.69) is 4.74 Å². The molecular weight excluding hydrogens is 256 g/mol. The number of hydrogen-bond acceptors (Lipinski definition) is 4. The number of esters is 1. The van der Waals surface area contributed by atoms with E-state index in [9.17, 15) is 9.59 Å². The monoisotopic (exact) mass is 274 g/mol. The topological polar surface area (TPSA) is 52.6 Å². The fraction of sp³-hybridized carbons (Fsp3) is 0.500. The molecule has 4 nitrogen and oxygen atoms in total. The molecule has 0 N–H and O–H groups in total. The molecule has 4 heteroatoms. The summed E-state index contributed by atoms with van der Waals surface area (Å²) in [6.07, 6.45) is 3.12. The van der Waals surface area contributed by atoms with Crippen LogP contribution in [0.15, 0.2) is 24.3 Å². The fourth-order valence-electron chi connectivity index (χ4n) is 2.32. The number of rotatable bonds is 6. The second kappa shape index (κ2) is 5.27. The van der Waals surface area contributed by atoms with Crippen LogP contribution in [0.1, 0.15) is 29.6 Å². The van der Waals surface area contributed by atoms with E-state index in [0.29, 0.717) is 17.9 Å². The van der Waals surface area contributed by atoms with Crippen LogP contribution in [0.4, 0.5) is 0 Å². The van der Waals surface area contributed by atoms with Gasteiger partial charge in [0.15, 0.2) is 5.78 Å². The molecule has 0 heterocycles. The van der Waals surface area contributed by atoms with Crippen molar-refractivity contribution in [1.29, 1.82) is 0 Å². The lowest BCUT2D eigenvalue weighted by Gasteiger charge is -2.06. The van der Waals surface area contributed by atoms with Crippen LogP contribution >= 0.6 is 0 Å². The SMILES string of the molecule is COC(=O)[C@@H]1C[C@H]1C(=O)c1ccc(OCC2CC2)cc1. The maximum Gasteiger partial charge on any atom is 0.309 e. The van der Waals surface area contributed by atoms with E-state index >= 15 is 0 Å². The Morgan fingerprint density at radius 2 is 1.85 bits per heavy atom. The average molecular weight is 274 g/mol. The van der Waals surface area contributed by atoms with Crippen molar-refractivity contribution in [2.24, 2.45) is 17.8 Å². The van der Waals surface area contributed by atoms with E-state index < -0.39 is 0 Å². The number of hydrogen-bond donors (Lipinski definition) is 0. The zero-order chi connectivity index (χ0) is 14.1. The largest absolute Gasteiger partial charge is 0.493 e. The Labute approximate surface area is 118 Å². The van der Waals surface area contributed by atoms with Crippen LogP contribution in [-0.2, 0) is 9.53 Å². The molecule has 0 spiro atoms.